The van der Waals surface area contributed by atoms with Gasteiger partial charge in [0.05, 0.1) is 0 Å². The zero-order valence-corrected chi connectivity index (χ0v) is 8.77. The van der Waals surface area contributed by atoms with Crippen LogP contribution < -0.4 is 0 Å². The van der Waals surface area contributed by atoms with Gasteiger partial charge in [0.1, 0.15) is 0 Å². The lowest BCUT2D eigenvalue weighted by Crippen LogP contribution is -1.79. The molecule has 0 nitrogen and oxygen atoms in total. The van der Waals surface area contributed by atoms with Crippen molar-refractivity contribution in [1.82, 2.24) is 0 Å². The van der Waals surface area contributed by atoms with Crippen LogP contribution in [0.15, 0.2) is 6.07 Å². The van der Waals surface area contributed by atoms with Gasteiger partial charge >= 0.3 is 0 Å². The fourth-order valence-electron chi connectivity index (χ4n) is 1.14. The number of rotatable bonds is 3. The molecular formula is C9H14S2. The van der Waals surface area contributed by atoms with Gasteiger partial charge in [0.2, 0.25) is 0 Å². The molecule has 0 N–H and O–H groups in total. The molecule has 0 aliphatic carbocycles. The van der Waals surface area contributed by atoms with Crippen molar-refractivity contribution < 1.29 is 0 Å². The number of hydrogen-bond acceptors (Lipinski definition) is 2. The van der Waals surface area contributed by atoms with Crippen LogP contribution >= 0.6 is 24.0 Å². The second-order valence-corrected chi connectivity index (χ2v) is 4.06. The summed E-state index contributed by atoms with van der Waals surface area (Å²) in [6, 6.07) is 2.32. The maximum atomic E-state index is 4.30. The topological polar surface area (TPSA) is 0 Å². The third-order valence-corrected chi connectivity index (χ3v) is 3.67. The van der Waals surface area contributed by atoms with Crippen LogP contribution in [-0.4, -0.2) is 0 Å². The molecule has 0 aromatic carbocycles. The number of hydrogen-bond donors (Lipinski definition) is 1. The summed E-state index contributed by atoms with van der Waals surface area (Å²) in [5, 5.41) is 0. The third-order valence-electron chi connectivity index (χ3n) is 1.82. The van der Waals surface area contributed by atoms with E-state index < -0.39 is 0 Å². The molecule has 1 aromatic rings. The monoisotopic (exact) mass is 186 g/mol. The van der Waals surface area contributed by atoms with Crippen LogP contribution in [0.4, 0.5) is 0 Å². The van der Waals surface area contributed by atoms with Crippen LogP contribution in [0, 0.1) is 0 Å². The minimum atomic E-state index is 0.897. The SMILES string of the molecule is CCc1cc(CC)c(CS)s1. The van der Waals surface area contributed by atoms with Crippen molar-refractivity contribution in [3.63, 3.8) is 0 Å². The number of aryl methyl sites for hydroxylation is 2. The summed E-state index contributed by atoms with van der Waals surface area (Å²) >= 11 is 6.20. The lowest BCUT2D eigenvalue weighted by molar-refractivity contribution is 1.11. The first-order valence-electron chi connectivity index (χ1n) is 4.03. The van der Waals surface area contributed by atoms with Gasteiger partial charge in [-0.05, 0) is 24.5 Å². The minimum absolute atomic E-state index is 0.897. The maximum absolute atomic E-state index is 4.30. The summed E-state index contributed by atoms with van der Waals surface area (Å²) in [5.74, 6) is 0.897. The fourth-order valence-corrected chi connectivity index (χ4v) is 2.59. The van der Waals surface area contributed by atoms with Crippen LogP contribution in [0.5, 0.6) is 0 Å². The van der Waals surface area contributed by atoms with Crippen LogP contribution in [-0.2, 0) is 18.6 Å². The standard InChI is InChI=1S/C9H14S2/c1-3-7-5-8(4-2)11-9(7)6-10/h5,10H,3-4,6H2,1-2H3. The lowest BCUT2D eigenvalue weighted by atomic mass is 10.2. The highest BCUT2D eigenvalue weighted by Crippen LogP contribution is 2.24. The van der Waals surface area contributed by atoms with E-state index in [1.807, 2.05) is 11.3 Å². The van der Waals surface area contributed by atoms with E-state index in [0.29, 0.717) is 0 Å². The molecule has 0 saturated heterocycles. The van der Waals surface area contributed by atoms with Crippen LogP contribution in [0.2, 0.25) is 0 Å². The predicted molar refractivity (Wildman–Crippen MR) is 55.8 cm³/mol. The molecule has 0 atom stereocenters. The molecule has 1 aromatic heterocycles. The first kappa shape index (κ1) is 9.14. The molecule has 0 fully saturated rings. The first-order valence-corrected chi connectivity index (χ1v) is 5.48. The van der Waals surface area contributed by atoms with Crippen molar-refractivity contribution in [3.05, 3.63) is 21.4 Å². The minimum Gasteiger partial charge on any atom is -0.174 e. The van der Waals surface area contributed by atoms with Crippen LogP contribution in [0.1, 0.15) is 29.2 Å². The van der Waals surface area contributed by atoms with Gasteiger partial charge in [-0.1, -0.05) is 13.8 Å². The van der Waals surface area contributed by atoms with Gasteiger partial charge in [-0.15, -0.1) is 11.3 Å². The average Bonchev–Trinajstić information content (AvgIpc) is 2.46. The van der Waals surface area contributed by atoms with E-state index in [1.54, 1.807) is 0 Å². The van der Waals surface area contributed by atoms with E-state index in [9.17, 15) is 0 Å². The third kappa shape index (κ3) is 2.00. The first-order chi connectivity index (χ1) is 5.31. The van der Waals surface area contributed by atoms with Gasteiger partial charge in [0, 0.05) is 15.5 Å². The Kier molecular flexibility index (Phi) is 3.46. The summed E-state index contributed by atoms with van der Waals surface area (Å²) < 4.78 is 0. The van der Waals surface area contributed by atoms with Gasteiger partial charge in [0.25, 0.3) is 0 Å². The normalized spacial score (nSPS) is 10.5. The predicted octanol–water partition coefficient (Wildman–Crippen LogP) is 3.30. The number of thiol groups is 1. The van der Waals surface area contributed by atoms with Gasteiger partial charge in [0.15, 0.2) is 0 Å². The summed E-state index contributed by atoms with van der Waals surface area (Å²) in [5.41, 5.74) is 1.49. The molecule has 62 valence electrons. The molecule has 0 saturated carbocycles. The van der Waals surface area contributed by atoms with Crippen LogP contribution in [0.3, 0.4) is 0 Å². The molecule has 0 bridgehead atoms. The zero-order valence-electron chi connectivity index (χ0n) is 7.05. The van der Waals surface area contributed by atoms with E-state index in [-0.39, 0.29) is 0 Å². The van der Waals surface area contributed by atoms with Crippen molar-refractivity contribution in [2.24, 2.45) is 0 Å². The Morgan fingerprint density at radius 3 is 2.45 bits per heavy atom. The number of thiophene rings is 1. The molecule has 0 unspecified atom stereocenters. The van der Waals surface area contributed by atoms with Crippen molar-refractivity contribution in [2.75, 3.05) is 0 Å². The van der Waals surface area contributed by atoms with E-state index >= 15 is 0 Å². The second kappa shape index (κ2) is 4.17. The molecule has 2 heteroatoms. The molecule has 0 radical (unpaired) electrons. The van der Waals surface area contributed by atoms with Crippen molar-refractivity contribution in [3.8, 4) is 0 Å². The zero-order chi connectivity index (χ0) is 8.27. The Balaban J connectivity index is 2.92. The quantitative estimate of drug-likeness (QED) is 0.688. The Bertz CT molecular complexity index is 204. The summed E-state index contributed by atoms with van der Waals surface area (Å²) in [7, 11) is 0. The maximum Gasteiger partial charge on any atom is 0.0251 e. The fraction of sp³-hybridized carbons (Fsp3) is 0.556. The second-order valence-electron chi connectivity index (χ2n) is 2.53. The van der Waals surface area contributed by atoms with Gasteiger partial charge in [-0.2, -0.15) is 12.6 Å². The van der Waals surface area contributed by atoms with Gasteiger partial charge in [-0.25, -0.2) is 0 Å². The molecule has 0 aliphatic heterocycles. The highest BCUT2D eigenvalue weighted by Gasteiger charge is 2.03. The Labute approximate surface area is 78.1 Å². The lowest BCUT2D eigenvalue weighted by Gasteiger charge is -1.92. The van der Waals surface area contributed by atoms with Gasteiger partial charge < -0.3 is 0 Å². The Hall–Kier alpha value is 0.0500. The van der Waals surface area contributed by atoms with E-state index in [2.05, 4.69) is 32.5 Å². The smallest absolute Gasteiger partial charge is 0.0251 e. The Morgan fingerprint density at radius 2 is 2.09 bits per heavy atom. The highest BCUT2D eigenvalue weighted by molar-refractivity contribution is 7.79. The molecule has 0 amide bonds. The molecule has 0 spiro atoms. The molecule has 11 heavy (non-hydrogen) atoms. The summed E-state index contributed by atoms with van der Waals surface area (Å²) in [6.45, 7) is 4.40. The van der Waals surface area contributed by atoms with Crippen LogP contribution in [0.25, 0.3) is 0 Å². The molecule has 1 rings (SSSR count). The largest absolute Gasteiger partial charge is 0.174 e. The van der Waals surface area contributed by atoms with E-state index in [1.165, 1.54) is 15.3 Å². The summed E-state index contributed by atoms with van der Waals surface area (Å²) in [4.78, 5) is 2.94. The Morgan fingerprint density at radius 1 is 1.36 bits per heavy atom. The summed E-state index contributed by atoms with van der Waals surface area (Å²) in [6.07, 6.45) is 2.30. The van der Waals surface area contributed by atoms with E-state index in [0.717, 1.165) is 18.6 Å². The molecule has 0 aliphatic rings. The van der Waals surface area contributed by atoms with Gasteiger partial charge in [-0.3, -0.25) is 0 Å². The average molecular weight is 186 g/mol. The highest BCUT2D eigenvalue weighted by atomic mass is 32.1. The molecule has 1 heterocycles. The van der Waals surface area contributed by atoms with Crippen molar-refractivity contribution >= 4 is 24.0 Å². The van der Waals surface area contributed by atoms with Crippen molar-refractivity contribution in [2.45, 2.75) is 32.4 Å². The molecular weight excluding hydrogens is 172 g/mol. The van der Waals surface area contributed by atoms with E-state index in [4.69, 9.17) is 0 Å². The van der Waals surface area contributed by atoms with Crippen molar-refractivity contribution in [1.29, 1.82) is 0 Å².